The molecule has 1 amide bonds. The first kappa shape index (κ1) is 20.9. The van der Waals surface area contributed by atoms with Gasteiger partial charge >= 0.3 is 0 Å². The second-order valence-corrected chi connectivity index (χ2v) is 10.2. The maximum absolute atomic E-state index is 13.0. The Hall–Kier alpha value is -2.97. The standard InChI is InChI=1S/C24H26N4O3S.H2/c29-24(28-15-13-27(14-16-28)17-18-6-7-18)20-8-10-21(11-9-20)26-32(30,31)22-5-1-3-19-4-2-12-25-23(19)22;/h1-5,8-12,18,26H,6-7,13-17H2;1H. The molecule has 0 unspecified atom stereocenters. The molecule has 32 heavy (non-hydrogen) atoms. The second-order valence-electron chi connectivity index (χ2n) is 8.55. The molecule has 7 nitrogen and oxygen atoms in total. The third-order valence-electron chi connectivity index (χ3n) is 6.14. The van der Waals surface area contributed by atoms with Gasteiger partial charge in [-0.3, -0.25) is 19.4 Å². The van der Waals surface area contributed by atoms with Crippen LogP contribution in [0.4, 0.5) is 5.69 Å². The summed E-state index contributed by atoms with van der Waals surface area (Å²) in [6.45, 7) is 4.45. The fraction of sp³-hybridized carbons (Fsp3) is 0.333. The number of carbonyl (C=O) groups is 1. The Morgan fingerprint density at radius 1 is 1.00 bits per heavy atom. The topological polar surface area (TPSA) is 82.6 Å². The quantitative estimate of drug-likeness (QED) is 0.619. The Morgan fingerprint density at radius 2 is 1.72 bits per heavy atom. The van der Waals surface area contributed by atoms with E-state index in [1.807, 2.05) is 17.0 Å². The third kappa shape index (κ3) is 4.47. The highest BCUT2D eigenvalue weighted by Crippen LogP contribution is 2.30. The molecule has 2 aliphatic rings. The fourth-order valence-electron chi connectivity index (χ4n) is 4.17. The van der Waals surface area contributed by atoms with E-state index in [-0.39, 0.29) is 12.2 Å². The van der Waals surface area contributed by atoms with E-state index < -0.39 is 10.0 Å². The van der Waals surface area contributed by atoms with Gasteiger partial charge < -0.3 is 4.90 Å². The van der Waals surface area contributed by atoms with Crippen LogP contribution in [0.1, 0.15) is 24.6 Å². The van der Waals surface area contributed by atoms with Crippen LogP contribution in [0.15, 0.2) is 65.7 Å². The Morgan fingerprint density at radius 3 is 2.44 bits per heavy atom. The van der Waals surface area contributed by atoms with E-state index in [0.717, 1.165) is 44.0 Å². The minimum Gasteiger partial charge on any atom is -0.336 e. The number of anilines is 1. The van der Waals surface area contributed by atoms with Gasteiger partial charge in [-0.2, -0.15) is 0 Å². The first-order valence-electron chi connectivity index (χ1n) is 11.0. The lowest BCUT2D eigenvalue weighted by Crippen LogP contribution is -2.49. The van der Waals surface area contributed by atoms with Crippen molar-refractivity contribution in [1.29, 1.82) is 0 Å². The van der Waals surface area contributed by atoms with Gasteiger partial charge in [-0.25, -0.2) is 8.42 Å². The first-order valence-corrected chi connectivity index (χ1v) is 12.5. The van der Waals surface area contributed by atoms with E-state index in [9.17, 15) is 13.2 Å². The Labute approximate surface area is 189 Å². The van der Waals surface area contributed by atoms with Gasteiger partial charge in [-0.15, -0.1) is 0 Å². The van der Waals surface area contributed by atoms with Crippen molar-refractivity contribution >= 4 is 32.5 Å². The van der Waals surface area contributed by atoms with Crippen molar-refractivity contribution in [3.63, 3.8) is 0 Å². The van der Waals surface area contributed by atoms with E-state index in [1.54, 1.807) is 48.7 Å². The van der Waals surface area contributed by atoms with Crippen LogP contribution in [0.25, 0.3) is 10.9 Å². The van der Waals surface area contributed by atoms with Crippen LogP contribution in [0.5, 0.6) is 0 Å². The Bertz CT molecular complexity index is 1230. The van der Waals surface area contributed by atoms with Gasteiger partial charge in [0.2, 0.25) is 0 Å². The highest BCUT2D eigenvalue weighted by atomic mass is 32.2. The molecule has 1 saturated heterocycles. The third-order valence-corrected chi connectivity index (χ3v) is 7.55. The lowest BCUT2D eigenvalue weighted by molar-refractivity contribution is 0.0632. The molecule has 3 aromatic rings. The molecule has 0 atom stereocenters. The molecule has 8 heteroatoms. The number of aromatic nitrogens is 1. The fourth-order valence-corrected chi connectivity index (χ4v) is 5.40. The zero-order valence-corrected chi connectivity index (χ0v) is 18.6. The Kier molecular flexibility index (Phi) is 5.57. The minimum atomic E-state index is -3.82. The number of piperazine rings is 1. The minimum absolute atomic E-state index is 0. The summed E-state index contributed by atoms with van der Waals surface area (Å²) in [5, 5.41) is 0.758. The van der Waals surface area contributed by atoms with Crippen LogP contribution in [0.2, 0.25) is 0 Å². The van der Waals surface area contributed by atoms with Gasteiger partial charge in [-0.1, -0.05) is 18.2 Å². The molecule has 1 aliphatic heterocycles. The smallest absolute Gasteiger partial charge is 0.264 e. The van der Waals surface area contributed by atoms with Crippen LogP contribution in [0.3, 0.4) is 0 Å². The van der Waals surface area contributed by atoms with Crippen LogP contribution in [-0.2, 0) is 10.0 Å². The number of nitrogens with one attached hydrogen (secondary N) is 1. The molecule has 2 aromatic carbocycles. The molecule has 1 aromatic heterocycles. The van der Waals surface area contributed by atoms with E-state index in [0.29, 0.717) is 16.8 Å². The van der Waals surface area contributed by atoms with Crippen molar-refractivity contribution in [2.24, 2.45) is 5.92 Å². The van der Waals surface area contributed by atoms with Crippen molar-refractivity contribution in [2.45, 2.75) is 17.7 Å². The molecular formula is C24H28N4O3S. The number of hydrogen-bond acceptors (Lipinski definition) is 5. The van der Waals surface area contributed by atoms with Crippen molar-refractivity contribution in [1.82, 2.24) is 14.8 Å². The number of fused-ring (bicyclic) bond motifs is 1. The van der Waals surface area contributed by atoms with Crippen molar-refractivity contribution < 1.29 is 14.6 Å². The van der Waals surface area contributed by atoms with Gasteiger partial charge in [0.05, 0.1) is 5.52 Å². The predicted octanol–water partition coefficient (Wildman–Crippen LogP) is 3.45. The summed E-state index contributed by atoms with van der Waals surface area (Å²) in [5.41, 5.74) is 1.40. The monoisotopic (exact) mass is 452 g/mol. The average molecular weight is 453 g/mol. The SMILES string of the molecule is O=C(c1ccc(NS(=O)(=O)c2cccc3cccnc23)cc1)N1CCN(CC2CC2)CC1.[HH]. The van der Waals surface area contributed by atoms with Crippen LogP contribution >= 0.6 is 0 Å². The lowest BCUT2D eigenvalue weighted by atomic mass is 10.1. The van der Waals surface area contributed by atoms with Crippen LogP contribution in [0, 0.1) is 5.92 Å². The van der Waals surface area contributed by atoms with Crippen molar-refractivity contribution in [2.75, 3.05) is 37.4 Å². The Balaban J connectivity index is 0.00000259. The van der Waals surface area contributed by atoms with Gasteiger partial charge in [0.1, 0.15) is 4.90 Å². The molecule has 1 N–H and O–H groups in total. The summed E-state index contributed by atoms with van der Waals surface area (Å²) < 4.78 is 28.5. The van der Waals surface area contributed by atoms with E-state index in [1.165, 1.54) is 12.8 Å². The highest BCUT2D eigenvalue weighted by Gasteiger charge is 2.28. The molecule has 168 valence electrons. The molecule has 5 rings (SSSR count). The van der Waals surface area contributed by atoms with E-state index in [2.05, 4.69) is 14.6 Å². The summed E-state index contributed by atoms with van der Waals surface area (Å²) in [5.74, 6) is 0.849. The van der Waals surface area contributed by atoms with E-state index >= 15 is 0 Å². The number of sulfonamides is 1. The zero-order chi connectivity index (χ0) is 22.1. The van der Waals surface area contributed by atoms with E-state index in [4.69, 9.17) is 0 Å². The number of para-hydroxylation sites is 1. The van der Waals surface area contributed by atoms with Gasteiger partial charge in [0.25, 0.3) is 15.9 Å². The zero-order valence-electron chi connectivity index (χ0n) is 17.8. The molecule has 0 bridgehead atoms. The number of rotatable bonds is 6. The largest absolute Gasteiger partial charge is 0.336 e. The normalized spacial score (nSPS) is 17.4. The number of benzene rings is 2. The number of carbonyl (C=O) groups excluding carboxylic acids is 1. The number of hydrogen-bond donors (Lipinski definition) is 1. The number of amides is 1. The molecule has 1 aliphatic carbocycles. The summed E-state index contributed by atoms with van der Waals surface area (Å²) in [4.78, 5) is 21.5. The van der Waals surface area contributed by atoms with Crippen LogP contribution in [-0.4, -0.2) is 61.8 Å². The highest BCUT2D eigenvalue weighted by molar-refractivity contribution is 7.93. The molecule has 1 saturated carbocycles. The molecule has 0 spiro atoms. The lowest BCUT2D eigenvalue weighted by Gasteiger charge is -2.34. The van der Waals surface area contributed by atoms with Crippen molar-refractivity contribution in [3.8, 4) is 0 Å². The summed E-state index contributed by atoms with van der Waals surface area (Å²) in [6.07, 6.45) is 4.26. The van der Waals surface area contributed by atoms with Gasteiger partial charge in [-0.05, 0) is 55.2 Å². The summed E-state index contributed by atoms with van der Waals surface area (Å²) >= 11 is 0. The summed E-state index contributed by atoms with van der Waals surface area (Å²) in [7, 11) is -3.82. The maximum Gasteiger partial charge on any atom is 0.264 e. The predicted molar refractivity (Wildman–Crippen MR) is 126 cm³/mol. The number of pyridine rings is 1. The summed E-state index contributed by atoms with van der Waals surface area (Å²) in [6, 6.07) is 15.3. The second kappa shape index (κ2) is 8.52. The van der Waals surface area contributed by atoms with Gasteiger partial charge in [0, 0.05) is 57.0 Å². The van der Waals surface area contributed by atoms with Crippen LogP contribution < -0.4 is 4.72 Å². The molecule has 2 fully saturated rings. The molecule has 2 heterocycles. The van der Waals surface area contributed by atoms with Crippen molar-refractivity contribution in [3.05, 3.63) is 66.4 Å². The molecule has 0 radical (unpaired) electrons. The number of nitrogens with zero attached hydrogens (tertiary/aromatic N) is 3. The average Bonchev–Trinajstić information content (AvgIpc) is 3.63. The maximum atomic E-state index is 13.0. The molecular weight excluding hydrogens is 424 g/mol. The first-order chi connectivity index (χ1) is 15.5. The van der Waals surface area contributed by atoms with Gasteiger partial charge in [0.15, 0.2) is 0 Å².